The maximum Gasteiger partial charge on any atom is 0.0927 e. The molecule has 2 fully saturated rings. The second-order valence-corrected chi connectivity index (χ2v) is 6.15. The average Bonchev–Trinajstić information content (AvgIpc) is 2.49. The lowest BCUT2D eigenvalue weighted by molar-refractivity contribution is -0.0561. The van der Waals surface area contributed by atoms with Crippen LogP contribution < -0.4 is 5.32 Å². The predicted molar refractivity (Wildman–Crippen MR) is 95.4 cm³/mol. The molecule has 7 heteroatoms. The Hall–Kier alpha value is -0.360. The summed E-state index contributed by atoms with van der Waals surface area (Å²) in [5.74, 6) is 0.863. The molecule has 23 heavy (non-hydrogen) atoms. The predicted octanol–water partition coefficient (Wildman–Crippen LogP) is 0.486. The average molecular weight is 351 g/mol. The normalized spacial score (nSPS) is 39.6. The summed E-state index contributed by atoms with van der Waals surface area (Å²) in [6.07, 6.45) is -1.19. The van der Waals surface area contributed by atoms with E-state index < -0.39 is 12.2 Å². The number of hydrogen-bond donors (Lipinski definition) is 4. The number of nitrogens with zero attached hydrogens (tertiary/aromatic N) is 1. The van der Waals surface area contributed by atoms with Gasteiger partial charge in [-0.1, -0.05) is 21.3 Å². The maximum atomic E-state index is 9.19. The Kier molecular flexibility index (Phi) is 13.1. The summed E-state index contributed by atoms with van der Waals surface area (Å²) < 4.78 is 5.44. The van der Waals surface area contributed by atoms with Crippen LogP contribution in [-0.2, 0) is 4.74 Å². The number of hydrogen-bond acceptors (Lipinski definition) is 6. The van der Waals surface area contributed by atoms with Crippen LogP contribution in [0.25, 0.3) is 0 Å². The summed E-state index contributed by atoms with van der Waals surface area (Å²) in [5, 5.41) is 38.5. The van der Waals surface area contributed by atoms with Crippen molar-refractivity contribution in [3.05, 3.63) is 0 Å². The fraction of sp³-hybridized carbons (Fsp3) is 0.938. The molecule has 4 N–H and O–H groups in total. The van der Waals surface area contributed by atoms with E-state index in [4.69, 9.17) is 20.2 Å². The topological polar surface area (TPSA) is 106 Å². The van der Waals surface area contributed by atoms with Crippen molar-refractivity contribution < 1.29 is 20.1 Å². The van der Waals surface area contributed by atoms with E-state index in [2.05, 4.69) is 32.2 Å². The molecule has 0 unspecified atom stereocenters. The first-order chi connectivity index (χ1) is 9.92. The second-order valence-electron chi connectivity index (χ2n) is 6.15. The molecule has 0 aromatic rings. The first-order valence-corrected chi connectivity index (χ1v) is 7.61. The monoisotopic (exact) mass is 350 g/mol. The molecule has 0 aliphatic carbocycles. The van der Waals surface area contributed by atoms with Gasteiger partial charge in [0.1, 0.15) is 0 Å². The number of nitriles is 1. The molecular formula is C16H34N2O4S. The zero-order chi connectivity index (χ0) is 16.0. The van der Waals surface area contributed by atoms with Crippen molar-refractivity contribution in [3.8, 4) is 6.07 Å². The largest absolute Gasteiger partial charge is 0.396 e. The summed E-state index contributed by atoms with van der Waals surface area (Å²) in [7, 11) is 0. The minimum atomic E-state index is -0.772. The summed E-state index contributed by atoms with van der Waals surface area (Å²) >= 11 is 0. The lowest BCUT2D eigenvalue weighted by Gasteiger charge is -2.35. The van der Waals surface area contributed by atoms with Gasteiger partial charge in [0.2, 0.25) is 0 Å². The molecule has 7 atom stereocenters. The van der Waals surface area contributed by atoms with E-state index in [-0.39, 0.29) is 39.4 Å². The minimum absolute atomic E-state index is 0. The van der Waals surface area contributed by atoms with Crippen LogP contribution in [0, 0.1) is 35.0 Å². The molecule has 0 amide bonds. The number of aliphatic hydroxyl groups excluding tert-OH is 3. The zero-order valence-electron chi connectivity index (χ0n) is 13.6. The van der Waals surface area contributed by atoms with E-state index in [1.165, 1.54) is 0 Å². The summed E-state index contributed by atoms with van der Waals surface area (Å²) in [6.45, 7) is 7.89. The van der Waals surface area contributed by atoms with Crippen molar-refractivity contribution in [1.82, 2.24) is 5.32 Å². The molecule has 2 aliphatic heterocycles. The van der Waals surface area contributed by atoms with Gasteiger partial charge in [-0.3, -0.25) is 0 Å². The third-order valence-corrected chi connectivity index (χ3v) is 4.78. The van der Waals surface area contributed by atoms with Gasteiger partial charge in [-0.25, -0.2) is 0 Å². The number of rotatable bonds is 1. The summed E-state index contributed by atoms with van der Waals surface area (Å²) in [4.78, 5) is 0. The standard InChI is InChI=1S/C9H15NO.C6H13NO3.CH4.H2S/c1-6-7(2)9(4-10)5-11-8(6)3;8-3-4-1-7-2-5(9)6(4)10;;/h6-9H,5H2,1-3H3;4-10H,1-3H2;1H4;1H2/t6-,7-,8-,9+;4-,5-,6-;;/m01../s1. The molecule has 0 saturated carbocycles. The fourth-order valence-electron chi connectivity index (χ4n) is 2.65. The Morgan fingerprint density at radius 2 is 1.78 bits per heavy atom. The molecule has 0 radical (unpaired) electrons. The van der Waals surface area contributed by atoms with Gasteiger partial charge in [0, 0.05) is 25.6 Å². The Labute approximate surface area is 147 Å². The van der Waals surface area contributed by atoms with Crippen LogP contribution in [0.15, 0.2) is 0 Å². The van der Waals surface area contributed by atoms with Gasteiger partial charge in [0.25, 0.3) is 0 Å². The van der Waals surface area contributed by atoms with Crippen molar-refractivity contribution >= 4 is 13.5 Å². The molecule has 0 bridgehead atoms. The van der Waals surface area contributed by atoms with Crippen LogP contribution in [0.4, 0.5) is 0 Å². The van der Waals surface area contributed by atoms with E-state index in [0.717, 1.165) is 0 Å². The van der Waals surface area contributed by atoms with Gasteiger partial charge in [-0.15, -0.1) is 0 Å². The fourth-order valence-corrected chi connectivity index (χ4v) is 2.65. The second kappa shape index (κ2) is 12.1. The molecule has 2 saturated heterocycles. The van der Waals surface area contributed by atoms with Gasteiger partial charge >= 0.3 is 0 Å². The van der Waals surface area contributed by atoms with E-state index in [1.54, 1.807) is 0 Å². The van der Waals surface area contributed by atoms with Gasteiger partial charge in [-0.05, 0) is 18.8 Å². The summed E-state index contributed by atoms with van der Waals surface area (Å²) in [6, 6.07) is 2.28. The zero-order valence-corrected chi connectivity index (χ0v) is 14.6. The Bertz CT molecular complexity index is 353. The molecule has 2 rings (SSSR count). The molecule has 2 aliphatic rings. The van der Waals surface area contributed by atoms with E-state index in [1.807, 2.05) is 0 Å². The SMILES string of the molecule is C.C[C@H]1[C@H](C)[C@H](C)OC[C@H]1C#N.OC[C@H]1CNC[C@@H](O)[C@@H]1O.S. The van der Waals surface area contributed by atoms with Crippen LogP contribution in [0.3, 0.4) is 0 Å². The van der Waals surface area contributed by atoms with Crippen LogP contribution >= 0.6 is 13.5 Å². The molecule has 0 aromatic carbocycles. The van der Waals surface area contributed by atoms with Crippen LogP contribution in [0.1, 0.15) is 28.2 Å². The Morgan fingerprint density at radius 1 is 1.17 bits per heavy atom. The van der Waals surface area contributed by atoms with Crippen molar-refractivity contribution in [1.29, 1.82) is 5.26 Å². The highest BCUT2D eigenvalue weighted by molar-refractivity contribution is 7.59. The van der Waals surface area contributed by atoms with Crippen molar-refractivity contribution in [2.45, 2.75) is 46.5 Å². The number of ether oxygens (including phenoxy) is 1. The van der Waals surface area contributed by atoms with E-state index >= 15 is 0 Å². The van der Waals surface area contributed by atoms with Crippen molar-refractivity contribution in [2.24, 2.45) is 23.7 Å². The van der Waals surface area contributed by atoms with Gasteiger partial charge in [-0.2, -0.15) is 18.8 Å². The highest BCUT2D eigenvalue weighted by Crippen LogP contribution is 2.30. The summed E-state index contributed by atoms with van der Waals surface area (Å²) in [5.41, 5.74) is 0. The molecule has 2 heterocycles. The Balaban J connectivity index is 0. The molecular weight excluding hydrogens is 316 g/mol. The first kappa shape index (κ1) is 24.9. The van der Waals surface area contributed by atoms with Gasteiger partial charge in [0.15, 0.2) is 0 Å². The number of β-amino-alcohol motifs (C(OH)–C–C–N with tert-alkyl or cyclic N) is 1. The maximum absolute atomic E-state index is 9.19. The first-order valence-electron chi connectivity index (χ1n) is 7.61. The Morgan fingerprint density at radius 3 is 2.26 bits per heavy atom. The van der Waals surface area contributed by atoms with E-state index in [0.29, 0.717) is 37.6 Å². The van der Waals surface area contributed by atoms with Crippen LogP contribution in [0.2, 0.25) is 0 Å². The van der Waals surface area contributed by atoms with Crippen LogP contribution in [0.5, 0.6) is 0 Å². The minimum Gasteiger partial charge on any atom is -0.396 e. The van der Waals surface area contributed by atoms with Crippen molar-refractivity contribution in [2.75, 3.05) is 26.3 Å². The highest BCUT2D eigenvalue weighted by Gasteiger charge is 2.32. The highest BCUT2D eigenvalue weighted by atomic mass is 32.1. The van der Waals surface area contributed by atoms with Crippen molar-refractivity contribution in [3.63, 3.8) is 0 Å². The third-order valence-electron chi connectivity index (χ3n) is 4.78. The molecule has 0 aromatic heterocycles. The number of piperidine rings is 1. The lowest BCUT2D eigenvalue weighted by atomic mass is 9.80. The number of nitrogens with one attached hydrogen (secondary N) is 1. The van der Waals surface area contributed by atoms with Gasteiger partial charge < -0.3 is 25.4 Å². The van der Waals surface area contributed by atoms with Crippen LogP contribution in [-0.4, -0.2) is 59.9 Å². The van der Waals surface area contributed by atoms with Gasteiger partial charge in [0.05, 0.1) is 36.9 Å². The van der Waals surface area contributed by atoms with E-state index in [9.17, 15) is 5.11 Å². The third kappa shape index (κ3) is 6.96. The quantitative estimate of drug-likeness (QED) is 0.548. The lowest BCUT2D eigenvalue weighted by Crippen LogP contribution is -2.51. The number of aliphatic hydroxyl groups is 3. The molecule has 0 spiro atoms. The molecule has 6 nitrogen and oxygen atoms in total. The smallest absolute Gasteiger partial charge is 0.0927 e. The molecule has 138 valence electrons.